The lowest BCUT2D eigenvalue weighted by Gasteiger charge is -2.10. The number of carbonyl (C=O) groups is 1. The second-order valence-electron chi connectivity index (χ2n) is 4.92. The van der Waals surface area contributed by atoms with Crippen molar-refractivity contribution in [3.63, 3.8) is 0 Å². The van der Waals surface area contributed by atoms with E-state index >= 15 is 0 Å². The quantitative estimate of drug-likeness (QED) is 0.418. The molecule has 3 rings (SSSR count). The van der Waals surface area contributed by atoms with Gasteiger partial charge in [-0.15, -0.1) is 0 Å². The van der Waals surface area contributed by atoms with Gasteiger partial charge in [0.25, 0.3) is 5.69 Å². The Bertz CT molecular complexity index is 881. The number of hydrogen-bond donors (Lipinski definition) is 0. The Morgan fingerprint density at radius 2 is 1.87 bits per heavy atom. The van der Waals surface area contributed by atoms with Crippen LogP contribution in [0.2, 0.25) is 0 Å². The summed E-state index contributed by atoms with van der Waals surface area (Å²) in [5, 5.41) is 11.7. The standard InChI is InChI=1S/C17H14N2O4/c1-2-23-17(20)16-11-12-5-3-4-6-15(12)18(16)13-7-9-14(10-8-13)19(21)22/h3-11H,2H2,1H3. The molecule has 2 aromatic carbocycles. The Labute approximate surface area is 132 Å². The fourth-order valence-corrected chi connectivity index (χ4v) is 2.51. The first-order valence-electron chi connectivity index (χ1n) is 7.14. The van der Waals surface area contributed by atoms with E-state index < -0.39 is 10.9 Å². The van der Waals surface area contributed by atoms with E-state index in [1.807, 2.05) is 24.3 Å². The van der Waals surface area contributed by atoms with E-state index in [1.54, 1.807) is 29.7 Å². The largest absolute Gasteiger partial charge is 0.461 e. The van der Waals surface area contributed by atoms with Crippen LogP contribution >= 0.6 is 0 Å². The van der Waals surface area contributed by atoms with Crippen molar-refractivity contribution in [2.24, 2.45) is 0 Å². The van der Waals surface area contributed by atoms with E-state index in [9.17, 15) is 14.9 Å². The number of benzene rings is 2. The molecule has 3 aromatic rings. The summed E-state index contributed by atoms with van der Waals surface area (Å²) in [4.78, 5) is 22.6. The lowest BCUT2D eigenvalue weighted by molar-refractivity contribution is -0.384. The van der Waals surface area contributed by atoms with Gasteiger partial charge in [0.1, 0.15) is 5.69 Å². The van der Waals surface area contributed by atoms with Crippen LogP contribution in [0.25, 0.3) is 16.6 Å². The number of ether oxygens (including phenoxy) is 1. The first-order valence-corrected chi connectivity index (χ1v) is 7.14. The van der Waals surface area contributed by atoms with Crippen LogP contribution in [0.3, 0.4) is 0 Å². The highest BCUT2D eigenvalue weighted by molar-refractivity contribution is 5.97. The number of nitrogens with zero attached hydrogens (tertiary/aromatic N) is 2. The van der Waals surface area contributed by atoms with Crippen LogP contribution in [-0.2, 0) is 4.74 Å². The zero-order valence-corrected chi connectivity index (χ0v) is 12.4. The first kappa shape index (κ1) is 14.8. The molecule has 0 radical (unpaired) electrons. The van der Waals surface area contributed by atoms with Gasteiger partial charge >= 0.3 is 5.97 Å². The number of carbonyl (C=O) groups excluding carboxylic acids is 1. The minimum atomic E-state index is -0.455. The lowest BCUT2D eigenvalue weighted by Crippen LogP contribution is -2.10. The van der Waals surface area contributed by atoms with Crippen LogP contribution in [-0.4, -0.2) is 22.1 Å². The molecule has 0 saturated heterocycles. The number of nitro benzene ring substituents is 1. The molecule has 0 aliphatic heterocycles. The Kier molecular flexibility index (Phi) is 3.80. The molecule has 0 unspecified atom stereocenters. The van der Waals surface area contributed by atoms with Crippen LogP contribution in [0.4, 0.5) is 5.69 Å². The predicted molar refractivity (Wildman–Crippen MR) is 85.9 cm³/mol. The smallest absolute Gasteiger partial charge is 0.355 e. The van der Waals surface area contributed by atoms with E-state index in [4.69, 9.17) is 4.74 Å². The monoisotopic (exact) mass is 310 g/mol. The number of para-hydroxylation sites is 1. The summed E-state index contributed by atoms with van der Waals surface area (Å²) in [6.07, 6.45) is 0. The molecule has 6 nitrogen and oxygen atoms in total. The minimum Gasteiger partial charge on any atom is -0.461 e. The second-order valence-corrected chi connectivity index (χ2v) is 4.92. The summed E-state index contributed by atoms with van der Waals surface area (Å²) in [6.45, 7) is 2.03. The van der Waals surface area contributed by atoms with Gasteiger partial charge in [0.05, 0.1) is 17.0 Å². The van der Waals surface area contributed by atoms with Crippen LogP contribution in [0.15, 0.2) is 54.6 Å². The molecule has 0 aliphatic rings. The Hall–Kier alpha value is -3.15. The molecule has 0 amide bonds. The molecule has 23 heavy (non-hydrogen) atoms. The van der Waals surface area contributed by atoms with Gasteiger partial charge in [-0.05, 0) is 31.2 Å². The molecule has 0 saturated carbocycles. The highest BCUT2D eigenvalue weighted by atomic mass is 16.6. The van der Waals surface area contributed by atoms with Crippen LogP contribution in [0.5, 0.6) is 0 Å². The van der Waals surface area contributed by atoms with Crippen LogP contribution in [0.1, 0.15) is 17.4 Å². The van der Waals surface area contributed by atoms with Gasteiger partial charge in [-0.25, -0.2) is 4.79 Å². The topological polar surface area (TPSA) is 74.4 Å². The van der Waals surface area contributed by atoms with Gasteiger partial charge in [-0.1, -0.05) is 18.2 Å². The molecule has 1 heterocycles. The molecule has 116 valence electrons. The first-order chi connectivity index (χ1) is 11.1. The van der Waals surface area contributed by atoms with Crippen molar-refractivity contribution in [3.8, 4) is 5.69 Å². The molecule has 0 atom stereocenters. The van der Waals surface area contributed by atoms with Crippen molar-refractivity contribution in [2.45, 2.75) is 6.92 Å². The Morgan fingerprint density at radius 3 is 2.52 bits per heavy atom. The summed E-state index contributed by atoms with van der Waals surface area (Å²) in [5.41, 5.74) is 1.90. The molecular weight excluding hydrogens is 296 g/mol. The van der Waals surface area contributed by atoms with Crippen molar-refractivity contribution in [3.05, 3.63) is 70.4 Å². The molecule has 6 heteroatoms. The maximum Gasteiger partial charge on any atom is 0.355 e. The third-order valence-electron chi connectivity index (χ3n) is 3.51. The van der Waals surface area contributed by atoms with Gasteiger partial charge in [-0.3, -0.25) is 10.1 Å². The normalized spacial score (nSPS) is 10.7. The molecule has 1 aromatic heterocycles. The van der Waals surface area contributed by atoms with Crippen molar-refractivity contribution in [1.29, 1.82) is 0 Å². The average Bonchev–Trinajstić information content (AvgIpc) is 2.94. The van der Waals surface area contributed by atoms with E-state index in [1.165, 1.54) is 12.1 Å². The SMILES string of the molecule is CCOC(=O)c1cc2ccccc2n1-c1ccc([N+](=O)[O-])cc1. The third-order valence-corrected chi connectivity index (χ3v) is 3.51. The number of aromatic nitrogens is 1. The van der Waals surface area contributed by atoms with Crippen molar-refractivity contribution in [2.75, 3.05) is 6.61 Å². The zero-order valence-electron chi connectivity index (χ0n) is 12.4. The number of nitro groups is 1. The highest BCUT2D eigenvalue weighted by Gasteiger charge is 2.18. The van der Waals surface area contributed by atoms with Crippen molar-refractivity contribution in [1.82, 2.24) is 4.57 Å². The number of rotatable bonds is 4. The second kappa shape index (κ2) is 5.92. The lowest BCUT2D eigenvalue weighted by atomic mass is 10.2. The van der Waals surface area contributed by atoms with Gasteiger partial charge < -0.3 is 9.30 Å². The molecule has 0 spiro atoms. The number of esters is 1. The maximum atomic E-state index is 12.2. The van der Waals surface area contributed by atoms with Crippen molar-refractivity contribution >= 4 is 22.6 Å². The van der Waals surface area contributed by atoms with Gasteiger partial charge in [-0.2, -0.15) is 0 Å². The van der Waals surface area contributed by atoms with Crippen LogP contribution in [0, 0.1) is 10.1 Å². The summed E-state index contributed by atoms with van der Waals surface area (Å²) in [7, 11) is 0. The molecular formula is C17H14N2O4. The van der Waals surface area contributed by atoms with Crippen molar-refractivity contribution < 1.29 is 14.5 Å². The molecule has 0 fully saturated rings. The van der Waals surface area contributed by atoms with Gasteiger partial charge in [0.2, 0.25) is 0 Å². The highest BCUT2D eigenvalue weighted by Crippen LogP contribution is 2.26. The average molecular weight is 310 g/mol. The summed E-state index contributed by atoms with van der Waals surface area (Å²) >= 11 is 0. The van der Waals surface area contributed by atoms with E-state index in [2.05, 4.69) is 0 Å². The Balaban J connectivity index is 2.19. The molecule has 0 N–H and O–H groups in total. The van der Waals surface area contributed by atoms with Gasteiger partial charge in [0, 0.05) is 23.2 Å². The maximum absolute atomic E-state index is 12.2. The molecule has 0 aliphatic carbocycles. The summed E-state index contributed by atoms with van der Waals surface area (Å²) < 4.78 is 6.86. The van der Waals surface area contributed by atoms with Gasteiger partial charge in [0.15, 0.2) is 0 Å². The van der Waals surface area contributed by atoms with E-state index in [0.29, 0.717) is 11.4 Å². The van der Waals surface area contributed by atoms with Crippen LogP contribution < -0.4 is 0 Å². The summed E-state index contributed by atoms with van der Waals surface area (Å²) in [6, 6.07) is 15.4. The fourth-order valence-electron chi connectivity index (χ4n) is 2.51. The number of fused-ring (bicyclic) bond motifs is 1. The summed E-state index contributed by atoms with van der Waals surface area (Å²) in [5.74, 6) is -0.429. The molecule has 0 bridgehead atoms. The predicted octanol–water partition coefficient (Wildman–Crippen LogP) is 3.72. The minimum absolute atomic E-state index is 0.00268. The van der Waals surface area contributed by atoms with E-state index in [-0.39, 0.29) is 12.3 Å². The number of non-ortho nitro benzene ring substituents is 1. The third kappa shape index (κ3) is 2.66. The fraction of sp³-hybridized carbons (Fsp3) is 0.118. The Morgan fingerprint density at radius 1 is 1.17 bits per heavy atom. The zero-order chi connectivity index (χ0) is 16.4. The van der Waals surface area contributed by atoms with E-state index in [0.717, 1.165) is 10.9 Å². The number of hydrogen-bond acceptors (Lipinski definition) is 4.